The Balaban J connectivity index is 1.77. The summed E-state index contributed by atoms with van der Waals surface area (Å²) in [5.41, 5.74) is 0.491. The van der Waals surface area contributed by atoms with E-state index >= 15 is 0 Å². The van der Waals surface area contributed by atoms with E-state index in [0.29, 0.717) is 18.7 Å². The van der Waals surface area contributed by atoms with Crippen molar-refractivity contribution < 1.29 is 13.9 Å². The normalized spacial score (nSPS) is 16.4. The van der Waals surface area contributed by atoms with E-state index in [1.54, 1.807) is 18.2 Å². The molecule has 0 spiro atoms. The zero-order valence-electron chi connectivity index (χ0n) is 14.8. The molecule has 1 saturated heterocycles. The highest BCUT2D eigenvalue weighted by Crippen LogP contribution is 2.15. The molecule has 0 aromatic heterocycles. The number of hydrogen-bond donors (Lipinski definition) is 1. The molecule has 1 N–H and O–H groups in total. The number of halogens is 1. The molecule has 1 amide bonds. The molecule has 0 unspecified atom stereocenters. The van der Waals surface area contributed by atoms with Gasteiger partial charge in [0, 0.05) is 37.3 Å². The van der Waals surface area contributed by atoms with Crippen LogP contribution in [-0.4, -0.2) is 67.7 Å². The molecular weight excluding hydrogens is 309 g/mol. The SMILES string of the molecule is CN(CC(=O)NCC(C)(C)N1CCOCC1)Cc1ccccc1F. The van der Waals surface area contributed by atoms with Gasteiger partial charge >= 0.3 is 0 Å². The number of amides is 1. The van der Waals surface area contributed by atoms with Crippen molar-refractivity contribution in [2.24, 2.45) is 0 Å². The summed E-state index contributed by atoms with van der Waals surface area (Å²) >= 11 is 0. The van der Waals surface area contributed by atoms with Crippen molar-refractivity contribution in [1.29, 1.82) is 0 Å². The van der Waals surface area contributed by atoms with Gasteiger partial charge in [0.25, 0.3) is 0 Å². The van der Waals surface area contributed by atoms with Crippen LogP contribution in [0.15, 0.2) is 24.3 Å². The monoisotopic (exact) mass is 337 g/mol. The van der Waals surface area contributed by atoms with E-state index in [1.807, 2.05) is 11.9 Å². The van der Waals surface area contributed by atoms with Crippen LogP contribution in [0.3, 0.4) is 0 Å². The Bertz CT molecular complexity index is 545. The van der Waals surface area contributed by atoms with Crippen molar-refractivity contribution in [3.8, 4) is 0 Å². The number of benzene rings is 1. The molecule has 1 aromatic carbocycles. The van der Waals surface area contributed by atoms with E-state index in [1.165, 1.54) is 6.07 Å². The molecule has 0 atom stereocenters. The second kappa shape index (κ2) is 8.55. The smallest absolute Gasteiger partial charge is 0.234 e. The molecule has 1 aliphatic heterocycles. The number of hydrogen-bond acceptors (Lipinski definition) is 4. The number of morpholine rings is 1. The Kier molecular flexibility index (Phi) is 6.71. The van der Waals surface area contributed by atoms with Crippen LogP contribution in [0.25, 0.3) is 0 Å². The van der Waals surface area contributed by atoms with Crippen molar-refractivity contribution >= 4 is 5.91 Å². The third-order valence-corrected chi connectivity index (χ3v) is 4.40. The predicted octanol–water partition coefficient (Wildman–Crippen LogP) is 1.48. The van der Waals surface area contributed by atoms with Crippen molar-refractivity contribution in [3.63, 3.8) is 0 Å². The van der Waals surface area contributed by atoms with Gasteiger partial charge in [0.15, 0.2) is 0 Å². The van der Waals surface area contributed by atoms with Gasteiger partial charge in [0.2, 0.25) is 5.91 Å². The fourth-order valence-electron chi connectivity index (χ4n) is 2.87. The molecule has 24 heavy (non-hydrogen) atoms. The molecule has 2 rings (SSSR count). The summed E-state index contributed by atoms with van der Waals surface area (Å²) in [4.78, 5) is 16.3. The van der Waals surface area contributed by atoms with Gasteiger partial charge in [0.05, 0.1) is 19.8 Å². The molecule has 5 nitrogen and oxygen atoms in total. The standard InChI is InChI=1S/C18H28FN3O2/c1-18(2,22-8-10-24-11-9-22)14-20-17(23)13-21(3)12-15-6-4-5-7-16(15)19/h4-7H,8-14H2,1-3H3,(H,20,23). The fourth-order valence-corrected chi connectivity index (χ4v) is 2.87. The first-order valence-corrected chi connectivity index (χ1v) is 8.40. The van der Waals surface area contributed by atoms with E-state index in [9.17, 15) is 9.18 Å². The van der Waals surface area contributed by atoms with Gasteiger partial charge in [-0.25, -0.2) is 4.39 Å². The number of rotatable bonds is 7. The van der Waals surface area contributed by atoms with Gasteiger partial charge in [0.1, 0.15) is 5.82 Å². The lowest BCUT2D eigenvalue weighted by molar-refractivity contribution is -0.122. The zero-order chi connectivity index (χ0) is 17.6. The summed E-state index contributed by atoms with van der Waals surface area (Å²) in [6.07, 6.45) is 0. The Hall–Kier alpha value is -1.50. The van der Waals surface area contributed by atoms with Gasteiger partial charge in [-0.3, -0.25) is 14.6 Å². The summed E-state index contributed by atoms with van der Waals surface area (Å²) in [5.74, 6) is -0.284. The van der Waals surface area contributed by atoms with E-state index in [2.05, 4.69) is 24.1 Å². The first-order chi connectivity index (χ1) is 11.4. The summed E-state index contributed by atoms with van der Waals surface area (Å²) in [5, 5.41) is 2.99. The summed E-state index contributed by atoms with van der Waals surface area (Å²) < 4.78 is 19.0. The van der Waals surface area contributed by atoms with Gasteiger partial charge in [-0.05, 0) is 27.0 Å². The Morgan fingerprint density at radius 3 is 2.67 bits per heavy atom. The quantitative estimate of drug-likeness (QED) is 0.819. The van der Waals surface area contributed by atoms with Crippen LogP contribution in [0.4, 0.5) is 4.39 Å². The molecular formula is C18H28FN3O2. The fraction of sp³-hybridized carbons (Fsp3) is 0.611. The van der Waals surface area contributed by atoms with Crippen LogP contribution in [0, 0.1) is 5.82 Å². The highest BCUT2D eigenvalue weighted by Gasteiger charge is 2.28. The van der Waals surface area contributed by atoms with E-state index < -0.39 is 0 Å². The molecule has 0 aliphatic carbocycles. The zero-order valence-corrected chi connectivity index (χ0v) is 14.8. The van der Waals surface area contributed by atoms with Gasteiger partial charge < -0.3 is 10.1 Å². The minimum absolute atomic E-state index is 0.0461. The third kappa shape index (κ3) is 5.54. The van der Waals surface area contributed by atoms with E-state index in [0.717, 1.165) is 26.3 Å². The van der Waals surface area contributed by atoms with E-state index in [4.69, 9.17) is 4.74 Å². The molecule has 1 heterocycles. The average Bonchev–Trinajstić information content (AvgIpc) is 2.56. The van der Waals surface area contributed by atoms with Crippen LogP contribution in [0.2, 0.25) is 0 Å². The largest absolute Gasteiger partial charge is 0.379 e. The number of ether oxygens (including phenoxy) is 1. The molecule has 0 radical (unpaired) electrons. The van der Waals surface area contributed by atoms with Gasteiger partial charge in [-0.2, -0.15) is 0 Å². The number of likely N-dealkylation sites (N-methyl/N-ethyl adjacent to an activating group) is 1. The molecule has 1 aliphatic rings. The maximum absolute atomic E-state index is 13.7. The summed E-state index contributed by atoms with van der Waals surface area (Å²) in [6, 6.07) is 6.65. The van der Waals surface area contributed by atoms with Crippen molar-refractivity contribution in [3.05, 3.63) is 35.6 Å². The number of carbonyl (C=O) groups excluding carboxylic acids is 1. The third-order valence-electron chi connectivity index (χ3n) is 4.40. The molecule has 134 valence electrons. The van der Waals surface area contributed by atoms with Crippen molar-refractivity contribution in [2.45, 2.75) is 25.9 Å². The maximum atomic E-state index is 13.7. The van der Waals surface area contributed by atoms with Crippen LogP contribution >= 0.6 is 0 Å². The Morgan fingerprint density at radius 2 is 2.00 bits per heavy atom. The maximum Gasteiger partial charge on any atom is 0.234 e. The number of carbonyl (C=O) groups is 1. The Labute approximate surface area is 143 Å². The minimum atomic E-state index is -0.238. The van der Waals surface area contributed by atoms with Crippen LogP contribution in [0.5, 0.6) is 0 Å². The van der Waals surface area contributed by atoms with Crippen LogP contribution < -0.4 is 5.32 Å². The van der Waals surface area contributed by atoms with Crippen LogP contribution in [0.1, 0.15) is 19.4 Å². The minimum Gasteiger partial charge on any atom is -0.379 e. The molecule has 0 bridgehead atoms. The molecule has 1 fully saturated rings. The number of nitrogens with one attached hydrogen (secondary N) is 1. The van der Waals surface area contributed by atoms with Crippen molar-refractivity contribution in [2.75, 3.05) is 46.4 Å². The summed E-state index contributed by atoms with van der Waals surface area (Å²) in [7, 11) is 1.82. The van der Waals surface area contributed by atoms with Crippen molar-refractivity contribution in [1.82, 2.24) is 15.1 Å². The predicted molar refractivity (Wildman–Crippen MR) is 92.2 cm³/mol. The highest BCUT2D eigenvalue weighted by atomic mass is 19.1. The van der Waals surface area contributed by atoms with Gasteiger partial charge in [-0.1, -0.05) is 18.2 Å². The van der Waals surface area contributed by atoms with E-state index in [-0.39, 0.29) is 23.8 Å². The van der Waals surface area contributed by atoms with Crippen LogP contribution in [-0.2, 0) is 16.1 Å². The second-order valence-corrected chi connectivity index (χ2v) is 6.95. The topological polar surface area (TPSA) is 44.8 Å². The lowest BCUT2D eigenvalue weighted by atomic mass is 10.0. The lowest BCUT2D eigenvalue weighted by Crippen LogP contribution is -2.56. The molecule has 1 aromatic rings. The first kappa shape index (κ1) is 18.8. The molecule has 6 heteroatoms. The summed E-state index contributed by atoms with van der Waals surface area (Å²) in [6.45, 7) is 8.74. The lowest BCUT2D eigenvalue weighted by Gasteiger charge is -2.40. The molecule has 0 saturated carbocycles. The average molecular weight is 337 g/mol. The first-order valence-electron chi connectivity index (χ1n) is 8.40. The Morgan fingerprint density at radius 1 is 1.33 bits per heavy atom. The van der Waals surface area contributed by atoms with Gasteiger partial charge in [-0.15, -0.1) is 0 Å². The highest BCUT2D eigenvalue weighted by molar-refractivity contribution is 5.78. The second-order valence-electron chi connectivity index (χ2n) is 6.95. The number of nitrogens with zero attached hydrogens (tertiary/aromatic N) is 2.